The molecule has 2 amide bonds. The van der Waals surface area contributed by atoms with E-state index in [1.165, 1.54) is 0 Å². The number of nitrogens with one attached hydrogen (secondary N) is 2. The number of likely N-dealkylation sites (tertiary alicyclic amines) is 1. The van der Waals surface area contributed by atoms with Gasteiger partial charge in [0.15, 0.2) is 0 Å². The molecule has 1 atom stereocenters. The minimum Gasteiger partial charge on any atom is -0.497 e. The quantitative estimate of drug-likeness (QED) is 0.704. The zero-order chi connectivity index (χ0) is 19.3. The summed E-state index contributed by atoms with van der Waals surface area (Å²) in [5, 5.41) is 11.0. The molecule has 1 aromatic heterocycles. The molecule has 7 heteroatoms. The van der Waals surface area contributed by atoms with Gasteiger partial charge in [-0.2, -0.15) is 5.10 Å². The third-order valence-electron chi connectivity index (χ3n) is 5.07. The Balaban J connectivity index is 1.33. The van der Waals surface area contributed by atoms with Crippen molar-refractivity contribution in [3.63, 3.8) is 0 Å². The SMILES string of the molecule is COc1ccc(OCC2CCCN(C(=O)Nc3cccc4cn[nH]c34)C2)cc1. The second-order valence-corrected chi connectivity index (χ2v) is 7.01. The fraction of sp³-hybridized carbons (Fsp3) is 0.333. The topological polar surface area (TPSA) is 79.5 Å². The maximum absolute atomic E-state index is 12.7. The van der Waals surface area contributed by atoms with Crippen LogP contribution in [0.4, 0.5) is 10.5 Å². The summed E-state index contributed by atoms with van der Waals surface area (Å²) in [4.78, 5) is 14.6. The standard InChI is InChI=1S/C21H24N4O3/c1-27-17-7-9-18(10-8-17)28-14-15-4-3-11-25(13-15)21(26)23-19-6-2-5-16-12-22-24-20(16)19/h2,5-10,12,15H,3-4,11,13-14H2,1H3,(H,22,24)(H,23,26). The zero-order valence-corrected chi connectivity index (χ0v) is 15.9. The summed E-state index contributed by atoms with van der Waals surface area (Å²) < 4.78 is 11.1. The second kappa shape index (κ2) is 8.21. The summed E-state index contributed by atoms with van der Waals surface area (Å²) in [6, 6.07) is 13.2. The summed E-state index contributed by atoms with van der Waals surface area (Å²) in [6.07, 6.45) is 3.77. The first-order valence-electron chi connectivity index (χ1n) is 9.48. The van der Waals surface area contributed by atoms with Gasteiger partial charge in [0.25, 0.3) is 0 Å². The number of anilines is 1. The van der Waals surface area contributed by atoms with Gasteiger partial charge in [-0.1, -0.05) is 12.1 Å². The molecular formula is C21H24N4O3. The lowest BCUT2D eigenvalue weighted by molar-refractivity contribution is 0.145. The number of aromatic nitrogens is 2. The van der Waals surface area contributed by atoms with Crippen molar-refractivity contribution in [2.45, 2.75) is 12.8 Å². The van der Waals surface area contributed by atoms with Crippen molar-refractivity contribution in [2.24, 2.45) is 5.92 Å². The maximum Gasteiger partial charge on any atom is 0.321 e. The number of hydrogen-bond acceptors (Lipinski definition) is 4. The number of fused-ring (bicyclic) bond motifs is 1. The first-order valence-corrected chi connectivity index (χ1v) is 9.48. The Morgan fingerprint density at radius 2 is 2.07 bits per heavy atom. The average molecular weight is 380 g/mol. The van der Waals surface area contributed by atoms with Crippen LogP contribution in [-0.2, 0) is 0 Å². The third-order valence-corrected chi connectivity index (χ3v) is 5.07. The Morgan fingerprint density at radius 3 is 2.89 bits per heavy atom. The summed E-state index contributed by atoms with van der Waals surface area (Å²) in [7, 11) is 1.64. The lowest BCUT2D eigenvalue weighted by Crippen LogP contribution is -2.43. The molecule has 3 aromatic rings. The van der Waals surface area contributed by atoms with Crippen LogP contribution >= 0.6 is 0 Å². The van der Waals surface area contributed by atoms with Gasteiger partial charge in [0.05, 0.1) is 31.1 Å². The van der Waals surface area contributed by atoms with Gasteiger partial charge in [-0.3, -0.25) is 5.10 Å². The monoisotopic (exact) mass is 380 g/mol. The van der Waals surface area contributed by atoms with Crippen LogP contribution in [-0.4, -0.2) is 47.9 Å². The van der Waals surface area contributed by atoms with Crippen LogP contribution in [0.3, 0.4) is 0 Å². The predicted molar refractivity (Wildman–Crippen MR) is 108 cm³/mol. The van der Waals surface area contributed by atoms with Crippen molar-refractivity contribution in [1.29, 1.82) is 0 Å². The highest BCUT2D eigenvalue weighted by Gasteiger charge is 2.24. The molecule has 2 heterocycles. The molecule has 0 saturated carbocycles. The zero-order valence-electron chi connectivity index (χ0n) is 15.9. The van der Waals surface area contributed by atoms with Crippen molar-refractivity contribution in [1.82, 2.24) is 15.1 Å². The number of nitrogens with zero attached hydrogens (tertiary/aromatic N) is 2. The molecule has 0 radical (unpaired) electrons. The molecule has 2 N–H and O–H groups in total. The van der Waals surface area contributed by atoms with Gasteiger partial charge in [0.1, 0.15) is 11.5 Å². The van der Waals surface area contributed by atoms with Gasteiger partial charge in [0.2, 0.25) is 0 Å². The Bertz CT molecular complexity index is 938. The van der Waals surface area contributed by atoms with Crippen LogP contribution in [0.15, 0.2) is 48.7 Å². The van der Waals surface area contributed by atoms with Crippen LogP contribution in [0.2, 0.25) is 0 Å². The average Bonchev–Trinajstić information content (AvgIpc) is 3.23. The highest BCUT2D eigenvalue weighted by Crippen LogP contribution is 2.23. The van der Waals surface area contributed by atoms with Crippen LogP contribution in [0, 0.1) is 5.92 Å². The Kier molecular flexibility index (Phi) is 5.32. The van der Waals surface area contributed by atoms with E-state index >= 15 is 0 Å². The summed E-state index contributed by atoms with van der Waals surface area (Å²) in [5.41, 5.74) is 1.59. The number of H-pyrrole nitrogens is 1. The van der Waals surface area contributed by atoms with Crippen LogP contribution in [0.5, 0.6) is 11.5 Å². The summed E-state index contributed by atoms with van der Waals surface area (Å²) in [6.45, 7) is 2.02. The van der Waals surface area contributed by atoms with Gasteiger partial charge in [-0.15, -0.1) is 0 Å². The summed E-state index contributed by atoms with van der Waals surface area (Å²) in [5.74, 6) is 1.93. The number of hydrogen-bond donors (Lipinski definition) is 2. The molecule has 1 aliphatic heterocycles. The number of carbonyl (C=O) groups is 1. The minimum atomic E-state index is -0.0868. The molecule has 0 bridgehead atoms. The van der Waals surface area contributed by atoms with Gasteiger partial charge < -0.3 is 19.7 Å². The number of carbonyl (C=O) groups excluding carboxylic acids is 1. The molecule has 0 spiro atoms. The van der Waals surface area contributed by atoms with E-state index in [2.05, 4.69) is 15.5 Å². The van der Waals surface area contributed by atoms with Crippen molar-refractivity contribution in [3.05, 3.63) is 48.7 Å². The fourth-order valence-electron chi connectivity index (χ4n) is 3.54. The lowest BCUT2D eigenvalue weighted by Gasteiger charge is -2.32. The van der Waals surface area contributed by atoms with Gasteiger partial charge in [0, 0.05) is 24.4 Å². The smallest absolute Gasteiger partial charge is 0.321 e. The number of benzene rings is 2. The number of urea groups is 1. The number of para-hydroxylation sites is 1. The van der Waals surface area contributed by atoms with E-state index in [1.54, 1.807) is 13.3 Å². The van der Waals surface area contributed by atoms with E-state index < -0.39 is 0 Å². The normalized spacial score (nSPS) is 16.8. The lowest BCUT2D eigenvalue weighted by atomic mass is 9.99. The fourth-order valence-corrected chi connectivity index (χ4v) is 3.54. The van der Waals surface area contributed by atoms with E-state index in [0.29, 0.717) is 19.1 Å². The van der Waals surface area contributed by atoms with E-state index in [1.807, 2.05) is 47.4 Å². The summed E-state index contributed by atoms with van der Waals surface area (Å²) >= 11 is 0. The van der Waals surface area contributed by atoms with E-state index in [9.17, 15) is 4.79 Å². The largest absolute Gasteiger partial charge is 0.497 e. The highest BCUT2D eigenvalue weighted by molar-refractivity contribution is 5.99. The number of amides is 2. The molecular weight excluding hydrogens is 356 g/mol. The van der Waals surface area contributed by atoms with Crippen LogP contribution in [0.1, 0.15) is 12.8 Å². The number of methoxy groups -OCH3 is 1. The first kappa shape index (κ1) is 18.2. The number of rotatable bonds is 5. The molecule has 1 aliphatic rings. The maximum atomic E-state index is 12.7. The number of ether oxygens (including phenoxy) is 2. The van der Waals surface area contributed by atoms with Crippen molar-refractivity contribution < 1.29 is 14.3 Å². The molecule has 28 heavy (non-hydrogen) atoms. The number of piperidine rings is 1. The Hall–Kier alpha value is -3.22. The molecule has 7 nitrogen and oxygen atoms in total. The van der Waals surface area contributed by atoms with Crippen molar-refractivity contribution >= 4 is 22.6 Å². The van der Waals surface area contributed by atoms with Gasteiger partial charge in [-0.25, -0.2) is 4.79 Å². The highest BCUT2D eigenvalue weighted by atomic mass is 16.5. The van der Waals surface area contributed by atoms with E-state index in [4.69, 9.17) is 9.47 Å². The first-order chi connectivity index (χ1) is 13.7. The molecule has 146 valence electrons. The molecule has 2 aromatic carbocycles. The second-order valence-electron chi connectivity index (χ2n) is 7.01. The van der Waals surface area contributed by atoms with Crippen LogP contribution in [0.25, 0.3) is 10.9 Å². The van der Waals surface area contributed by atoms with E-state index in [0.717, 1.165) is 47.5 Å². The minimum absolute atomic E-state index is 0.0868. The molecule has 1 fully saturated rings. The third kappa shape index (κ3) is 4.03. The van der Waals surface area contributed by atoms with Gasteiger partial charge in [-0.05, 0) is 43.2 Å². The molecule has 1 unspecified atom stereocenters. The van der Waals surface area contributed by atoms with Crippen molar-refractivity contribution in [2.75, 3.05) is 32.1 Å². The Labute approximate surface area is 163 Å². The van der Waals surface area contributed by atoms with Gasteiger partial charge >= 0.3 is 6.03 Å². The Morgan fingerprint density at radius 1 is 1.25 bits per heavy atom. The molecule has 0 aliphatic carbocycles. The number of aromatic amines is 1. The molecule has 1 saturated heterocycles. The van der Waals surface area contributed by atoms with E-state index in [-0.39, 0.29) is 6.03 Å². The van der Waals surface area contributed by atoms with Crippen molar-refractivity contribution in [3.8, 4) is 11.5 Å². The predicted octanol–water partition coefficient (Wildman–Crippen LogP) is 3.89. The molecule has 4 rings (SSSR count). The van der Waals surface area contributed by atoms with Crippen LogP contribution < -0.4 is 14.8 Å².